The van der Waals surface area contributed by atoms with Crippen LogP contribution in [0.5, 0.6) is 0 Å². The van der Waals surface area contributed by atoms with Gasteiger partial charge in [-0.3, -0.25) is 4.79 Å². The number of carbonyl (C=O) groups is 1. The van der Waals surface area contributed by atoms with Gasteiger partial charge in [-0.15, -0.1) is 10.2 Å². The van der Waals surface area contributed by atoms with Crippen LogP contribution in [0.4, 0.5) is 0 Å². The highest BCUT2D eigenvalue weighted by Crippen LogP contribution is 2.16. The summed E-state index contributed by atoms with van der Waals surface area (Å²) >= 11 is 5.82. The van der Waals surface area contributed by atoms with E-state index in [9.17, 15) is 4.79 Å². The van der Waals surface area contributed by atoms with Crippen LogP contribution in [-0.4, -0.2) is 45.9 Å². The number of rotatable bonds is 6. The number of nitrogens with zero attached hydrogens (tertiary/aromatic N) is 4. The van der Waals surface area contributed by atoms with Crippen LogP contribution in [0.2, 0.25) is 5.02 Å². The largest absolute Gasteiger partial charge is 0.383 e. The first-order chi connectivity index (χ1) is 10.1. The van der Waals surface area contributed by atoms with Gasteiger partial charge < -0.3 is 10.1 Å². The van der Waals surface area contributed by atoms with Crippen LogP contribution in [0.15, 0.2) is 24.3 Å². The van der Waals surface area contributed by atoms with Crippen LogP contribution in [0.3, 0.4) is 0 Å². The quantitative estimate of drug-likeness (QED) is 0.865. The molecule has 21 heavy (non-hydrogen) atoms. The Kier molecular flexibility index (Phi) is 5.24. The fourth-order valence-electron chi connectivity index (χ4n) is 1.77. The summed E-state index contributed by atoms with van der Waals surface area (Å²) in [6.07, 6.45) is 0. The summed E-state index contributed by atoms with van der Waals surface area (Å²) in [5.74, 6) is 0.254. The van der Waals surface area contributed by atoms with Crippen LogP contribution >= 0.6 is 11.6 Å². The minimum atomic E-state index is -0.195. The first-order valence-corrected chi connectivity index (χ1v) is 6.78. The van der Waals surface area contributed by atoms with E-state index in [0.29, 0.717) is 17.5 Å². The molecule has 2 aromatic rings. The van der Waals surface area contributed by atoms with Crippen LogP contribution in [0, 0.1) is 0 Å². The number of hydrogen-bond donors (Lipinski definition) is 1. The highest BCUT2D eigenvalue weighted by Gasteiger charge is 2.11. The molecule has 7 nitrogen and oxygen atoms in total. The standard InChI is InChI=1S/C13H16ClN5O2/c1-9(8-21-2)15-12(20)7-19-17-13(16-18-19)10-3-5-11(14)6-4-10/h3-6,9H,7-8H2,1-2H3,(H,15,20). The number of hydrogen-bond acceptors (Lipinski definition) is 5. The second-order valence-electron chi connectivity index (χ2n) is 4.57. The van der Waals surface area contributed by atoms with E-state index in [-0.39, 0.29) is 18.5 Å². The molecule has 0 radical (unpaired) electrons. The van der Waals surface area contributed by atoms with E-state index in [1.807, 2.05) is 6.92 Å². The molecule has 1 unspecified atom stereocenters. The highest BCUT2D eigenvalue weighted by atomic mass is 35.5. The third-order valence-electron chi connectivity index (χ3n) is 2.66. The minimum Gasteiger partial charge on any atom is -0.383 e. The fourth-order valence-corrected chi connectivity index (χ4v) is 1.89. The summed E-state index contributed by atoms with van der Waals surface area (Å²) in [6.45, 7) is 2.32. The Balaban J connectivity index is 1.97. The van der Waals surface area contributed by atoms with Crippen LogP contribution < -0.4 is 5.32 Å². The van der Waals surface area contributed by atoms with Crippen molar-refractivity contribution in [2.24, 2.45) is 0 Å². The third-order valence-corrected chi connectivity index (χ3v) is 2.92. The van der Waals surface area contributed by atoms with Crippen molar-refractivity contribution in [2.45, 2.75) is 19.5 Å². The molecule has 0 saturated carbocycles. The molecule has 8 heteroatoms. The molecule has 1 amide bonds. The smallest absolute Gasteiger partial charge is 0.243 e. The van der Waals surface area contributed by atoms with Crippen molar-refractivity contribution in [3.8, 4) is 11.4 Å². The molecule has 1 aromatic carbocycles. The number of tetrazole rings is 1. The van der Waals surface area contributed by atoms with Crippen molar-refractivity contribution >= 4 is 17.5 Å². The molecule has 0 fully saturated rings. The average Bonchev–Trinajstić information content (AvgIpc) is 2.88. The van der Waals surface area contributed by atoms with Gasteiger partial charge in [-0.25, -0.2) is 0 Å². The SMILES string of the molecule is COCC(C)NC(=O)Cn1nnc(-c2ccc(Cl)cc2)n1. The van der Waals surface area contributed by atoms with E-state index in [1.54, 1.807) is 31.4 Å². The molecular formula is C13H16ClN5O2. The van der Waals surface area contributed by atoms with Crippen molar-refractivity contribution in [3.63, 3.8) is 0 Å². The van der Waals surface area contributed by atoms with Gasteiger partial charge in [0.25, 0.3) is 0 Å². The molecule has 1 heterocycles. The number of ether oxygens (including phenoxy) is 1. The highest BCUT2D eigenvalue weighted by molar-refractivity contribution is 6.30. The lowest BCUT2D eigenvalue weighted by Crippen LogP contribution is -2.38. The predicted octanol–water partition coefficient (Wildman–Crippen LogP) is 1.14. The van der Waals surface area contributed by atoms with Crippen molar-refractivity contribution in [1.29, 1.82) is 0 Å². The Labute approximate surface area is 127 Å². The monoisotopic (exact) mass is 309 g/mol. The maximum absolute atomic E-state index is 11.8. The number of nitrogens with one attached hydrogen (secondary N) is 1. The maximum Gasteiger partial charge on any atom is 0.243 e. The molecular weight excluding hydrogens is 294 g/mol. The van der Waals surface area contributed by atoms with Crippen molar-refractivity contribution < 1.29 is 9.53 Å². The molecule has 2 rings (SSSR count). The third kappa shape index (κ3) is 4.51. The lowest BCUT2D eigenvalue weighted by Gasteiger charge is -2.11. The zero-order valence-electron chi connectivity index (χ0n) is 11.8. The maximum atomic E-state index is 11.8. The van der Waals surface area contributed by atoms with Gasteiger partial charge in [-0.05, 0) is 36.4 Å². The van der Waals surface area contributed by atoms with Gasteiger partial charge in [0, 0.05) is 23.7 Å². The Morgan fingerprint density at radius 2 is 2.14 bits per heavy atom. The number of amides is 1. The van der Waals surface area contributed by atoms with E-state index in [1.165, 1.54) is 4.80 Å². The first kappa shape index (κ1) is 15.4. The fraction of sp³-hybridized carbons (Fsp3) is 0.385. The lowest BCUT2D eigenvalue weighted by atomic mass is 10.2. The molecule has 0 aliphatic carbocycles. The summed E-state index contributed by atoms with van der Waals surface area (Å²) in [4.78, 5) is 13.0. The molecule has 1 atom stereocenters. The minimum absolute atomic E-state index is 0.00858. The van der Waals surface area contributed by atoms with Crippen LogP contribution in [0.1, 0.15) is 6.92 Å². The number of benzene rings is 1. The number of aromatic nitrogens is 4. The molecule has 1 aromatic heterocycles. The Hall–Kier alpha value is -1.99. The number of methoxy groups -OCH3 is 1. The van der Waals surface area contributed by atoms with Crippen molar-refractivity contribution in [3.05, 3.63) is 29.3 Å². The van der Waals surface area contributed by atoms with E-state index in [4.69, 9.17) is 16.3 Å². The number of carbonyl (C=O) groups excluding carboxylic acids is 1. The topological polar surface area (TPSA) is 81.9 Å². The molecule has 0 saturated heterocycles. The van der Waals surface area contributed by atoms with Gasteiger partial charge in [0.15, 0.2) is 0 Å². The van der Waals surface area contributed by atoms with E-state index in [2.05, 4.69) is 20.7 Å². The lowest BCUT2D eigenvalue weighted by molar-refractivity contribution is -0.123. The summed E-state index contributed by atoms with van der Waals surface area (Å²) in [5, 5.41) is 15.4. The van der Waals surface area contributed by atoms with Gasteiger partial charge >= 0.3 is 0 Å². The van der Waals surface area contributed by atoms with Crippen LogP contribution in [0.25, 0.3) is 11.4 Å². The average molecular weight is 310 g/mol. The molecule has 112 valence electrons. The molecule has 0 bridgehead atoms. The van der Waals surface area contributed by atoms with Crippen molar-refractivity contribution in [1.82, 2.24) is 25.5 Å². The number of halogens is 1. The first-order valence-electron chi connectivity index (χ1n) is 6.40. The second kappa shape index (κ2) is 7.14. The summed E-state index contributed by atoms with van der Waals surface area (Å²) < 4.78 is 4.95. The Morgan fingerprint density at radius 3 is 2.81 bits per heavy atom. The van der Waals surface area contributed by atoms with Crippen LogP contribution in [-0.2, 0) is 16.1 Å². The summed E-state index contributed by atoms with van der Waals surface area (Å²) in [6, 6.07) is 7.02. The van der Waals surface area contributed by atoms with Crippen molar-refractivity contribution in [2.75, 3.05) is 13.7 Å². The van der Waals surface area contributed by atoms with Gasteiger partial charge in [-0.2, -0.15) is 4.80 Å². The predicted molar refractivity (Wildman–Crippen MR) is 77.7 cm³/mol. The second-order valence-corrected chi connectivity index (χ2v) is 5.01. The van der Waals surface area contributed by atoms with Gasteiger partial charge in [0.1, 0.15) is 6.54 Å². The Morgan fingerprint density at radius 1 is 1.43 bits per heavy atom. The van der Waals surface area contributed by atoms with Gasteiger partial charge in [-0.1, -0.05) is 11.6 Å². The van der Waals surface area contributed by atoms with E-state index < -0.39 is 0 Å². The van der Waals surface area contributed by atoms with Gasteiger partial charge in [0.2, 0.25) is 11.7 Å². The van der Waals surface area contributed by atoms with E-state index in [0.717, 1.165) is 5.56 Å². The zero-order valence-corrected chi connectivity index (χ0v) is 12.5. The Bertz CT molecular complexity index is 599. The summed E-state index contributed by atoms with van der Waals surface area (Å²) in [5.41, 5.74) is 0.791. The van der Waals surface area contributed by atoms with E-state index >= 15 is 0 Å². The molecule has 0 aliphatic heterocycles. The molecule has 1 N–H and O–H groups in total. The zero-order chi connectivity index (χ0) is 15.2. The van der Waals surface area contributed by atoms with Gasteiger partial charge in [0.05, 0.1) is 6.61 Å². The molecule has 0 spiro atoms. The summed E-state index contributed by atoms with van der Waals surface area (Å²) in [7, 11) is 1.58. The molecule has 0 aliphatic rings. The normalized spacial score (nSPS) is 12.1.